The summed E-state index contributed by atoms with van der Waals surface area (Å²) in [6.07, 6.45) is 7.52. The van der Waals surface area contributed by atoms with Crippen LogP contribution in [0.3, 0.4) is 0 Å². The summed E-state index contributed by atoms with van der Waals surface area (Å²) in [5.41, 5.74) is 0. The number of nitrogens with zero attached hydrogens (tertiary/aromatic N) is 2. The first-order valence-electron chi connectivity index (χ1n) is 8.78. The minimum absolute atomic E-state index is 0. The fraction of sp³-hybridized carbons (Fsp3) is 0.938. The van der Waals surface area contributed by atoms with Gasteiger partial charge in [-0.25, -0.2) is 0 Å². The predicted octanol–water partition coefficient (Wildman–Crippen LogP) is 0.837. The largest absolute Gasteiger partial charge is 0.352 e. The molecule has 0 bridgehead atoms. The summed E-state index contributed by atoms with van der Waals surface area (Å²) in [5, 5.41) is 6.67. The van der Waals surface area contributed by atoms with Crippen molar-refractivity contribution in [2.45, 2.75) is 50.6 Å². The molecule has 2 heterocycles. The lowest BCUT2D eigenvalue weighted by Gasteiger charge is -2.37. The van der Waals surface area contributed by atoms with Crippen molar-refractivity contribution < 1.29 is 4.79 Å². The topological polar surface area (TPSA) is 47.6 Å². The minimum Gasteiger partial charge on any atom is -0.352 e. The molecule has 0 radical (unpaired) electrons. The zero-order valence-electron chi connectivity index (χ0n) is 13.6. The van der Waals surface area contributed by atoms with Crippen LogP contribution in [0.15, 0.2) is 0 Å². The summed E-state index contributed by atoms with van der Waals surface area (Å²) in [6, 6.07) is 1.17. The summed E-state index contributed by atoms with van der Waals surface area (Å²) in [5.74, 6) is 0.234. The minimum atomic E-state index is 0. The standard InChI is InChI=1S/C16H30N4O.ClH/c21-16(18-14-4-2-1-3-5-14)13-19-8-10-20(11-9-19)15-6-7-17-12-15;/h14-15,17H,1-13H2,(H,18,21);1H. The highest BCUT2D eigenvalue weighted by Gasteiger charge is 2.27. The molecular formula is C16H31ClN4O. The van der Waals surface area contributed by atoms with Gasteiger partial charge in [-0.1, -0.05) is 19.3 Å². The summed E-state index contributed by atoms with van der Waals surface area (Å²) in [7, 11) is 0. The van der Waals surface area contributed by atoms with Crippen molar-refractivity contribution in [3.8, 4) is 0 Å². The van der Waals surface area contributed by atoms with Crippen LogP contribution in [0.25, 0.3) is 0 Å². The van der Waals surface area contributed by atoms with Gasteiger partial charge in [-0.3, -0.25) is 14.6 Å². The number of carbonyl (C=O) groups excluding carboxylic acids is 1. The van der Waals surface area contributed by atoms with Gasteiger partial charge in [-0.2, -0.15) is 0 Å². The quantitative estimate of drug-likeness (QED) is 0.802. The third-order valence-corrected chi connectivity index (χ3v) is 5.30. The first kappa shape index (κ1) is 18.0. The summed E-state index contributed by atoms with van der Waals surface area (Å²) in [6.45, 7) is 7.19. The molecule has 22 heavy (non-hydrogen) atoms. The van der Waals surface area contributed by atoms with Crippen molar-refractivity contribution in [1.29, 1.82) is 0 Å². The molecule has 5 nitrogen and oxygen atoms in total. The highest BCUT2D eigenvalue weighted by Crippen LogP contribution is 2.17. The molecule has 0 aromatic rings. The number of hydrogen-bond donors (Lipinski definition) is 2. The molecule has 1 atom stereocenters. The number of halogens is 1. The van der Waals surface area contributed by atoms with E-state index in [-0.39, 0.29) is 18.3 Å². The molecule has 3 rings (SSSR count). The second kappa shape index (κ2) is 9.06. The fourth-order valence-corrected chi connectivity index (χ4v) is 3.96. The first-order chi connectivity index (χ1) is 10.3. The third kappa shape index (κ3) is 5.08. The van der Waals surface area contributed by atoms with Crippen molar-refractivity contribution >= 4 is 18.3 Å². The predicted molar refractivity (Wildman–Crippen MR) is 91.6 cm³/mol. The molecule has 6 heteroatoms. The molecule has 2 saturated heterocycles. The number of nitrogens with one attached hydrogen (secondary N) is 2. The SMILES string of the molecule is Cl.O=C(CN1CCN(C2CCNC2)CC1)NC1CCCCC1. The van der Waals surface area contributed by atoms with E-state index in [0.29, 0.717) is 12.6 Å². The molecule has 0 aromatic heterocycles. The Balaban J connectivity index is 0.00000176. The maximum absolute atomic E-state index is 12.1. The lowest BCUT2D eigenvalue weighted by molar-refractivity contribution is -0.123. The maximum atomic E-state index is 12.1. The van der Waals surface area contributed by atoms with Gasteiger partial charge >= 0.3 is 0 Å². The molecule has 128 valence electrons. The molecule has 0 spiro atoms. The van der Waals surface area contributed by atoms with E-state index < -0.39 is 0 Å². The van der Waals surface area contributed by atoms with Crippen LogP contribution in [0.4, 0.5) is 0 Å². The van der Waals surface area contributed by atoms with Crippen molar-refractivity contribution in [3.63, 3.8) is 0 Å². The van der Waals surface area contributed by atoms with Crippen LogP contribution in [0, 0.1) is 0 Å². The molecule has 1 saturated carbocycles. The summed E-state index contributed by atoms with van der Waals surface area (Å²) < 4.78 is 0. The highest BCUT2D eigenvalue weighted by molar-refractivity contribution is 5.85. The summed E-state index contributed by atoms with van der Waals surface area (Å²) in [4.78, 5) is 17.1. The van der Waals surface area contributed by atoms with E-state index in [1.807, 2.05) is 0 Å². The van der Waals surface area contributed by atoms with Gasteiger partial charge in [-0.15, -0.1) is 12.4 Å². The van der Waals surface area contributed by atoms with E-state index in [1.54, 1.807) is 0 Å². The molecule has 2 aliphatic heterocycles. The average molecular weight is 331 g/mol. The van der Waals surface area contributed by atoms with Crippen LogP contribution in [0.2, 0.25) is 0 Å². The Labute approximate surface area is 140 Å². The molecule has 3 aliphatic rings. The smallest absolute Gasteiger partial charge is 0.234 e. The van der Waals surface area contributed by atoms with E-state index in [2.05, 4.69) is 20.4 Å². The van der Waals surface area contributed by atoms with Crippen LogP contribution in [0.1, 0.15) is 38.5 Å². The molecule has 1 amide bonds. The molecule has 3 fully saturated rings. The Kier molecular flexibility index (Phi) is 7.41. The zero-order chi connectivity index (χ0) is 14.5. The number of hydrogen-bond acceptors (Lipinski definition) is 4. The van der Waals surface area contributed by atoms with E-state index in [4.69, 9.17) is 0 Å². The Hall–Kier alpha value is -0.360. The maximum Gasteiger partial charge on any atom is 0.234 e. The lowest BCUT2D eigenvalue weighted by Crippen LogP contribution is -2.53. The van der Waals surface area contributed by atoms with Crippen molar-refractivity contribution in [2.75, 3.05) is 45.8 Å². The Bertz CT molecular complexity index is 335. The number of rotatable bonds is 4. The van der Waals surface area contributed by atoms with Crippen LogP contribution in [-0.4, -0.2) is 73.6 Å². The highest BCUT2D eigenvalue weighted by atomic mass is 35.5. The second-order valence-electron chi connectivity index (χ2n) is 6.86. The number of piperazine rings is 1. The van der Waals surface area contributed by atoms with Gasteiger partial charge in [0.15, 0.2) is 0 Å². The number of amides is 1. The van der Waals surface area contributed by atoms with Gasteiger partial charge < -0.3 is 10.6 Å². The van der Waals surface area contributed by atoms with Crippen LogP contribution < -0.4 is 10.6 Å². The van der Waals surface area contributed by atoms with E-state index in [9.17, 15) is 4.79 Å². The van der Waals surface area contributed by atoms with Gasteiger partial charge in [0.05, 0.1) is 6.54 Å². The van der Waals surface area contributed by atoms with Crippen LogP contribution in [0.5, 0.6) is 0 Å². The van der Waals surface area contributed by atoms with Crippen molar-refractivity contribution in [2.24, 2.45) is 0 Å². The molecule has 0 aromatic carbocycles. The normalized spacial score (nSPS) is 28.3. The van der Waals surface area contributed by atoms with Gasteiger partial charge in [0.25, 0.3) is 0 Å². The zero-order valence-corrected chi connectivity index (χ0v) is 14.4. The monoisotopic (exact) mass is 330 g/mol. The van der Waals surface area contributed by atoms with Crippen molar-refractivity contribution in [1.82, 2.24) is 20.4 Å². The van der Waals surface area contributed by atoms with Crippen molar-refractivity contribution in [3.05, 3.63) is 0 Å². The van der Waals surface area contributed by atoms with E-state index in [1.165, 1.54) is 38.5 Å². The third-order valence-electron chi connectivity index (χ3n) is 5.30. The Morgan fingerprint density at radius 1 is 1.05 bits per heavy atom. The molecule has 1 unspecified atom stereocenters. The van der Waals surface area contributed by atoms with Crippen LogP contribution >= 0.6 is 12.4 Å². The van der Waals surface area contributed by atoms with E-state index >= 15 is 0 Å². The lowest BCUT2D eigenvalue weighted by atomic mass is 9.95. The molecule has 1 aliphatic carbocycles. The van der Waals surface area contributed by atoms with Gasteiger partial charge in [0.2, 0.25) is 5.91 Å². The average Bonchev–Trinajstić information content (AvgIpc) is 3.03. The molecule has 2 N–H and O–H groups in total. The van der Waals surface area contributed by atoms with Gasteiger partial charge in [0.1, 0.15) is 0 Å². The number of carbonyl (C=O) groups is 1. The van der Waals surface area contributed by atoms with E-state index in [0.717, 1.165) is 45.3 Å². The second-order valence-corrected chi connectivity index (χ2v) is 6.86. The van der Waals surface area contributed by atoms with Gasteiger partial charge in [-0.05, 0) is 25.8 Å². The first-order valence-corrected chi connectivity index (χ1v) is 8.78. The summed E-state index contributed by atoms with van der Waals surface area (Å²) >= 11 is 0. The Morgan fingerprint density at radius 3 is 2.41 bits per heavy atom. The Morgan fingerprint density at radius 2 is 1.77 bits per heavy atom. The molecular weight excluding hydrogens is 300 g/mol. The van der Waals surface area contributed by atoms with Gasteiger partial charge in [0, 0.05) is 44.8 Å². The van der Waals surface area contributed by atoms with Crippen LogP contribution in [-0.2, 0) is 4.79 Å². The fourth-order valence-electron chi connectivity index (χ4n) is 3.96.